The molecular formula is C48H29B3N2. The summed E-state index contributed by atoms with van der Waals surface area (Å²) in [7, 11) is 21.7. The molecule has 5 heteroatoms. The van der Waals surface area contributed by atoms with Crippen molar-refractivity contribution < 1.29 is 0 Å². The van der Waals surface area contributed by atoms with Gasteiger partial charge in [-0.2, -0.15) is 0 Å². The summed E-state index contributed by atoms with van der Waals surface area (Å²) in [6, 6.07) is 61.3. The van der Waals surface area contributed by atoms with E-state index in [0.717, 1.165) is 83.0 Å². The minimum atomic E-state index is 0.464. The van der Waals surface area contributed by atoms with E-state index in [2.05, 4.69) is 173 Å². The predicted octanol–water partition coefficient (Wildman–Crippen LogP) is 9.26. The van der Waals surface area contributed by atoms with Crippen LogP contribution in [0.3, 0.4) is 0 Å². The average molecular weight is 666 g/mol. The summed E-state index contributed by atoms with van der Waals surface area (Å²) in [5, 5.41) is 4.18. The Morgan fingerprint density at radius 1 is 0.358 bits per heavy atom. The molecule has 0 amide bonds. The fourth-order valence-electron chi connectivity index (χ4n) is 8.33. The van der Waals surface area contributed by atoms with Crippen LogP contribution in [0.5, 0.6) is 0 Å². The van der Waals surface area contributed by atoms with Gasteiger partial charge < -0.3 is 9.13 Å². The summed E-state index contributed by atoms with van der Waals surface area (Å²) in [5.41, 5.74) is 13.9. The topological polar surface area (TPSA) is 9.86 Å². The van der Waals surface area contributed by atoms with Crippen LogP contribution >= 0.6 is 0 Å². The molecule has 10 aromatic rings. The number of para-hydroxylation sites is 3. The van der Waals surface area contributed by atoms with Crippen LogP contribution in [0.4, 0.5) is 0 Å². The normalized spacial score (nSPS) is 11.6. The van der Waals surface area contributed by atoms with Gasteiger partial charge in [-0.1, -0.05) is 150 Å². The van der Waals surface area contributed by atoms with Crippen LogP contribution in [0.1, 0.15) is 0 Å². The van der Waals surface area contributed by atoms with E-state index in [-0.39, 0.29) is 0 Å². The largest absolute Gasteiger partial charge is 0.309 e. The lowest BCUT2D eigenvalue weighted by atomic mass is 9.69. The maximum Gasteiger partial charge on any atom is 0.115 e. The second-order valence-corrected chi connectivity index (χ2v) is 13.5. The number of benzene rings is 8. The molecule has 0 aliphatic heterocycles. The van der Waals surface area contributed by atoms with Gasteiger partial charge in [-0.3, -0.25) is 0 Å². The third kappa shape index (κ3) is 4.77. The Morgan fingerprint density at radius 3 is 1.70 bits per heavy atom. The number of hydrogen-bond acceptors (Lipinski definition) is 0. The summed E-state index contributed by atoms with van der Waals surface area (Å²) in [6.45, 7) is 0. The standard InChI is InChI=1S/C48H29B3N2/c49-45-42(32-27-28-40-37(29-32)43-35(31-17-6-2-7-18-31)23-14-26-41(43)52(40)33-19-8-3-9-20-33)46(50)47(51)48-44(45)36-22-11-13-25-39(36)53(48)38-24-12-10-21-34(38)30-15-4-1-5-16-30/h1-29H. The molecule has 2 heterocycles. The maximum absolute atomic E-state index is 7.35. The first kappa shape index (κ1) is 31.3. The lowest BCUT2D eigenvalue weighted by molar-refractivity contribution is 1.18. The molecule has 0 aliphatic rings. The highest BCUT2D eigenvalue weighted by molar-refractivity contribution is 6.60. The fraction of sp³-hybridized carbons (Fsp3) is 0. The van der Waals surface area contributed by atoms with Crippen molar-refractivity contribution in [2.45, 2.75) is 0 Å². The van der Waals surface area contributed by atoms with E-state index in [9.17, 15) is 0 Å². The van der Waals surface area contributed by atoms with Gasteiger partial charge >= 0.3 is 0 Å². The maximum atomic E-state index is 7.35. The molecular weight excluding hydrogens is 637 g/mol. The van der Waals surface area contributed by atoms with Gasteiger partial charge in [0.15, 0.2) is 0 Å². The predicted molar refractivity (Wildman–Crippen MR) is 228 cm³/mol. The lowest BCUT2D eigenvalue weighted by Gasteiger charge is -2.20. The average Bonchev–Trinajstić information content (AvgIpc) is 3.74. The van der Waals surface area contributed by atoms with Crippen LogP contribution in [0.2, 0.25) is 0 Å². The van der Waals surface area contributed by atoms with Crippen LogP contribution in [-0.4, -0.2) is 32.7 Å². The molecule has 53 heavy (non-hydrogen) atoms. The van der Waals surface area contributed by atoms with Gasteiger partial charge in [0.25, 0.3) is 0 Å². The third-order valence-corrected chi connectivity index (χ3v) is 10.6. The van der Waals surface area contributed by atoms with Crippen LogP contribution in [0.25, 0.3) is 88.4 Å². The number of rotatable bonds is 5. The number of fused-ring (bicyclic) bond motifs is 6. The molecule has 10 rings (SSSR count). The molecule has 0 spiro atoms. The zero-order valence-electron chi connectivity index (χ0n) is 28.9. The molecule has 0 aliphatic carbocycles. The Bertz CT molecular complexity index is 3020. The molecule has 0 fully saturated rings. The summed E-state index contributed by atoms with van der Waals surface area (Å²) in [4.78, 5) is 0. The third-order valence-electron chi connectivity index (χ3n) is 10.6. The molecule has 0 unspecified atom stereocenters. The van der Waals surface area contributed by atoms with E-state index >= 15 is 0 Å². The summed E-state index contributed by atoms with van der Waals surface area (Å²) in [6.07, 6.45) is 0. The highest BCUT2D eigenvalue weighted by atomic mass is 15.0. The van der Waals surface area contributed by atoms with Crippen molar-refractivity contribution in [2.24, 2.45) is 0 Å². The second-order valence-electron chi connectivity index (χ2n) is 13.5. The number of hydrogen-bond donors (Lipinski definition) is 0. The lowest BCUT2D eigenvalue weighted by Crippen LogP contribution is -2.35. The molecule has 0 N–H and O–H groups in total. The van der Waals surface area contributed by atoms with Crippen molar-refractivity contribution in [3.8, 4) is 44.8 Å². The highest BCUT2D eigenvalue weighted by Gasteiger charge is 2.23. The van der Waals surface area contributed by atoms with Crippen LogP contribution in [0.15, 0.2) is 176 Å². The Kier molecular flexibility index (Phi) is 7.30. The van der Waals surface area contributed by atoms with Crippen LogP contribution in [-0.2, 0) is 0 Å². The van der Waals surface area contributed by atoms with Gasteiger partial charge in [-0.15, -0.1) is 0 Å². The van der Waals surface area contributed by atoms with Gasteiger partial charge in [0.1, 0.15) is 23.5 Å². The summed E-state index contributed by atoms with van der Waals surface area (Å²) in [5.74, 6) is 0. The molecule has 2 nitrogen and oxygen atoms in total. The van der Waals surface area contributed by atoms with Gasteiger partial charge in [0.05, 0.1) is 22.2 Å². The highest BCUT2D eigenvalue weighted by Crippen LogP contribution is 2.41. The minimum absolute atomic E-state index is 0.464. The van der Waals surface area contributed by atoms with E-state index in [0.29, 0.717) is 16.4 Å². The molecule has 2 aromatic heterocycles. The zero-order valence-corrected chi connectivity index (χ0v) is 28.9. The van der Waals surface area contributed by atoms with Crippen molar-refractivity contribution in [3.05, 3.63) is 176 Å². The van der Waals surface area contributed by atoms with E-state index in [1.54, 1.807) is 0 Å². The Hall–Kier alpha value is -6.45. The molecule has 0 saturated carbocycles. The number of aromatic nitrogens is 2. The van der Waals surface area contributed by atoms with Gasteiger partial charge in [0.2, 0.25) is 0 Å². The Balaban J connectivity index is 1.28. The van der Waals surface area contributed by atoms with Crippen molar-refractivity contribution in [1.82, 2.24) is 9.13 Å². The summed E-state index contributed by atoms with van der Waals surface area (Å²) < 4.78 is 4.56. The second kappa shape index (κ2) is 12.4. The van der Waals surface area contributed by atoms with E-state index in [1.807, 2.05) is 12.1 Å². The first-order valence-corrected chi connectivity index (χ1v) is 17.8. The first-order valence-electron chi connectivity index (χ1n) is 17.8. The number of nitrogens with zero attached hydrogens (tertiary/aromatic N) is 2. The first-order chi connectivity index (χ1) is 26.1. The molecule has 0 atom stereocenters. The Morgan fingerprint density at radius 2 is 0.943 bits per heavy atom. The SMILES string of the molecule is [B]c1c(-c2ccc3c(c2)c2c(-c4ccccc4)cccc2n3-c2ccccc2)c([B])c2c3ccccc3n(-c3ccccc3-c3ccccc3)c2c1[B]. The summed E-state index contributed by atoms with van der Waals surface area (Å²) >= 11 is 0. The quantitative estimate of drug-likeness (QED) is 0.162. The van der Waals surface area contributed by atoms with Gasteiger partial charge in [-0.05, 0) is 70.3 Å². The molecule has 240 valence electrons. The fourth-order valence-corrected chi connectivity index (χ4v) is 8.33. The van der Waals surface area contributed by atoms with Gasteiger partial charge in [-0.25, -0.2) is 0 Å². The van der Waals surface area contributed by atoms with Crippen LogP contribution in [0, 0.1) is 0 Å². The molecule has 0 bridgehead atoms. The van der Waals surface area contributed by atoms with Gasteiger partial charge in [0, 0.05) is 38.3 Å². The van der Waals surface area contributed by atoms with Crippen molar-refractivity contribution in [1.29, 1.82) is 0 Å². The van der Waals surface area contributed by atoms with E-state index in [4.69, 9.17) is 23.5 Å². The zero-order chi connectivity index (χ0) is 35.6. The molecule has 6 radical (unpaired) electrons. The molecule has 0 saturated heterocycles. The van der Waals surface area contributed by atoms with Crippen molar-refractivity contribution >= 4 is 83.5 Å². The smallest absolute Gasteiger partial charge is 0.115 e. The van der Waals surface area contributed by atoms with Crippen molar-refractivity contribution in [2.75, 3.05) is 0 Å². The monoisotopic (exact) mass is 666 g/mol. The minimum Gasteiger partial charge on any atom is -0.309 e. The molecule has 8 aromatic carbocycles. The van der Waals surface area contributed by atoms with Crippen molar-refractivity contribution in [3.63, 3.8) is 0 Å². The van der Waals surface area contributed by atoms with E-state index < -0.39 is 0 Å². The van der Waals surface area contributed by atoms with Crippen LogP contribution < -0.4 is 16.4 Å². The Labute approximate surface area is 312 Å². The van der Waals surface area contributed by atoms with E-state index in [1.165, 1.54) is 5.39 Å².